The topological polar surface area (TPSA) is 228 Å². The number of ether oxygens (including phenoxy) is 1. The van der Waals surface area contributed by atoms with Gasteiger partial charge < -0.3 is 24.8 Å². The molecule has 11 rings (SSSR count). The SMILES string of the molecule is Cn1nc(N2CCC(=O)NC2=O)c2ccc(N3CCN(CC4CCN(CCOC(=O)N5CCC(c6cnc(-c7c(-c8nn(C(C)(C)C)c9ncnc(N)c89)noc7C7CC7)nc6)CC5)CC4)CC3)c(F)c21. The van der Waals surface area contributed by atoms with Crippen molar-refractivity contribution in [2.24, 2.45) is 13.0 Å². The van der Waals surface area contributed by atoms with Crippen molar-refractivity contribution in [2.75, 3.05) is 94.1 Å². The van der Waals surface area contributed by atoms with E-state index in [1.807, 2.05) is 28.0 Å². The lowest BCUT2D eigenvalue weighted by Crippen LogP contribution is -2.49. The zero-order chi connectivity index (χ0) is 49.1. The van der Waals surface area contributed by atoms with Gasteiger partial charge in [0.1, 0.15) is 35.7 Å². The summed E-state index contributed by atoms with van der Waals surface area (Å²) in [5, 5.41) is 17.4. The minimum atomic E-state index is -0.545. The number of rotatable bonds is 11. The Bertz CT molecular complexity index is 2970. The van der Waals surface area contributed by atoms with Gasteiger partial charge in [0.2, 0.25) is 5.91 Å². The van der Waals surface area contributed by atoms with Crippen LogP contribution in [-0.4, -0.2) is 156 Å². The van der Waals surface area contributed by atoms with Crippen LogP contribution in [0, 0.1) is 11.7 Å². The lowest BCUT2D eigenvalue weighted by Gasteiger charge is -2.39. The summed E-state index contributed by atoms with van der Waals surface area (Å²) in [7, 11) is 1.67. The van der Waals surface area contributed by atoms with Gasteiger partial charge in [-0.05, 0) is 102 Å². The maximum absolute atomic E-state index is 16.1. The molecule has 9 heterocycles. The molecule has 22 heteroatoms. The maximum Gasteiger partial charge on any atom is 0.409 e. The van der Waals surface area contributed by atoms with Crippen LogP contribution in [0.1, 0.15) is 88.9 Å². The number of likely N-dealkylation sites (tertiary alicyclic amines) is 2. The van der Waals surface area contributed by atoms with E-state index in [0.717, 1.165) is 88.1 Å². The molecule has 4 amide bonds. The van der Waals surface area contributed by atoms with E-state index in [0.29, 0.717) is 102 Å². The Kier molecular flexibility index (Phi) is 12.3. The summed E-state index contributed by atoms with van der Waals surface area (Å²) < 4.78 is 31.2. The van der Waals surface area contributed by atoms with Crippen LogP contribution in [0.25, 0.3) is 44.7 Å². The number of nitrogens with two attached hydrogens (primary N) is 1. The fourth-order valence-electron chi connectivity index (χ4n) is 10.8. The van der Waals surface area contributed by atoms with Gasteiger partial charge in [0, 0.05) is 96.1 Å². The number of nitrogens with one attached hydrogen (secondary N) is 1. The molecule has 0 radical (unpaired) electrons. The van der Waals surface area contributed by atoms with Crippen LogP contribution in [-0.2, 0) is 22.1 Å². The van der Waals surface area contributed by atoms with Gasteiger partial charge in [-0.2, -0.15) is 10.2 Å². The Balaban J connectivity index is 0.623. The van der Waals surface area contributed by atoms with Gasteiger partial charge in [-0.25, -0.2) is 38.6 Å². The molecule has 1 saturated carbocycles. The highest BCUT2D eigenvalue weighted by molar-refractivity contribution is 6.09. The van der Waals surface area contributed by atoms with E-state index in [4.69, 9.17) is 30.1 Å². The number of aryl methyl sites for hydroxylation is 1. The molecule has 21 nitrogen and oxygen atoms in total. The summed E-state index contributed by atoms with van der Waals surface area (Å²) in [5.41, 5.74) is 10.3. The van der Waals surface area contributed by atoms with E-state index in [9.17, 15) is 14.4 Å². The predicted molar refractivity (Wildman–Crippen MR) is 262 cm³/mol. The molecule has 71 heavy (non-hydrogen) atoms. The standard InChI is InChI=1S/C49H61FN16O5/c1-49(2,3)66-46-37(43(51)54-28-55-46)39(57-66)40-36(42(71-59-40)31-5-6-31)44-52-25-32(26-53-44)30-11-16-64(17-12-30)48(69)70-24-23-61-14-9-29(10-15-61)27-62-19-21-63(22-20-62)34-8-7-33-41(38(34)50)60(4)58-45(33)65-18-13-35(67)56-47(65)68/h7-8,25-26,28-31H,5-6,9-24,27H2,1-4H3,(H2,51,54,55)(H,56,67,68). The second-order valence-corrected chi connectivity index (χ2v) is 20.7. The van der Waals surface area contributed by atoms with E-state index in [2.05, 4.69) is 61.0 Å². The average molecular weight is 973 g/mol. The van der Waals surface area contributed by atoms with Crippen molar-refractivity contribution in [1.82, 2.24) is 64.7 Å². The largest absolute Gasteiger partial charge is 0.448 e. The van der Waals surface area contributed by atoms with Gasteiger partial charge in [-0.15, -0.1) is 0 Å². The van der Waals surface area contributed by atoms with Crippen LogP contribution < -0.4 is 20.9 Å². The molecule has 4 aliphatic heterocycles. The molecule has 3 N–H and O–H groups in total. The number of anilines is 3. The fraction of sp³-hybridized carbons (Fsp3) is 0.551. The lowest BCUT2D eigenvalue weighted by atomic mass is 9.91. The highest BCUT2D eigenvalue weighted by Crippen LogP contribution is 2.48. The second kappa shape index (κ2) is 18.7. The minimum Gasteiger partial charge on any atom is -0.448 e. The Morgan fingerprint density at radius 3 is 2.32 bits per heavy atom. The number of hydrogen-bond acceptors (Lipinski definition) is 16. The number of imide groups is 1. The van der Waals surface area contributed by atoms with E-state index in [1.165, 1.54) is 15.9 Å². The van der Waals surface area contributed by atoms with Crippen LogP contribution in [0.5, 0.6) is 0 Å². The van der Waals surface area contributed by atoms with Crippen LogP contribution >= 0.6 is 0 Å². The number of fused-ring (bicyclic) bond motifs is 2. The molecule has 5 aliphatic rings. The number of aromatic nitrogens is 9. The summed E-state index contributed by atoms with van der Waals surface area (Å²) in [6.07, 6.45) is 10.9. The predicted octanol–water partition coefficient (Wildman–Crippen LogP) is 5.48. The molecule has 0 atom stereocenters. The third-order valence-electron chi connectivity index (χ3n) is 14.9. The minimum absolute atomic E-state index is 0.167. The van der Waals surface area contributed by atoms with Gasteiger partial charge in [0.15, 0.2) is 28.9 Å². The Hall–Kier alpha value is -6.81. The van der Waals surface area contributed by atoms with Crippen LogP contribution in [0.15, 0.2) is 35.4 Å². The zero-order valence-corrected chi connectivity index (χ0v) is 40.8. The Morgan fingerprint density at radius 1 is 0.873 bits per heavy atom. The van der Waals surface area contributed by atoms with Crippen LogP contribution in [0.4, 0.5) is 31.3 Å². The zero-order valence-electron chi connectivity index (χ0n) is 40.8. The van der Waals surface area contributed by atoms with Gasteiger partial charge >= 0.3 is 12.1 Å². The summed E-state index contributed by atoms with van der Waals surface area (Å²) in [4.78, 5) is 66.1. The molecule has 6 aromatic rings. The summed E-state index contributed by atoms with van der Waals surface area (Å²) in [5.74, 6) is 2.27. The first-order valence-electron chi connectivity index (χ1n) is 25.0. The molecule has 1 aliphatic carbocycles. The average Bonchev–Trinajstić information content (AvgIpc) is 3.83. The van der Waals surface area contributed by atoms with Gasteiger partial charge in [-0.3, -0.25) is 29.5 Å². The molecule has 0 unspecified atom stereocenters. The van der Waals surface area contributed by atoms with E-state index < -0.39 is 6.03 Å². The molecule has 0 bridgehead atoms. The summed E-state index contributed by atoms with van der Waals surface area (Å²) in [6, 6.07) is 3.06. The molecule has 1 aromatic carbocycles. The number of amides is 4. The number of carbonyl (C=O) groups excluding carboxylic acids is 3. The summed E-state index contributed by atoms with van der Waals surface area (Å²) in [6.45, 7) is 14.7. The van der Waals surface area contributed by atoms with Crippen molar-refractivity contribution in [3.63, 3.8) is 0 Å². The molecule has 374 valence electrons. The van der Waals surface area contributed by atoms with Crippen molar-refractivity contribution >= 4 is 57.3 Å². The highest BCUT2D eigenvalue weighted by Gasteiger charge is 2.37. The summed E-state index contributed by atoms with van der Waals surface area (Å²) >= 11 is 0. The monoisotopic (exact) mass is 972 g/mol. The molecule has 5 fully saturated rings. The number of halogens is 1. The van der Waals surface area contributed by atoms with Gasteiger partial charge in [0.05, 0.1) is 22.2 Å². The lowest BCUT2D eigenvalue weighted by molar-refractivity contribution is -0.120. The number of benzene rings is 1. The second-order valence-electron chi connectivity index (χ2n) is 20.7. The van der Waals surface area contributed by atoms with Crippen molar-refractivity contribution in [3.05, 3.63) is 48.0 Å². The van der Waals surface area contributed by atoms with Crippen molar-refractivity contribution < 1.29 is 28.0 Å². The van der Waals surface area contributed by atoms with E-state index >= 15 is 4.39 Å². The number of nitrogen functional groups attached to an aromatic ring is 1. The number of piperidine rings is 2. The smallest absolute Gasteiger partial charge is 0.409 e. The van der Waals surface area contributed by atoms with Crippen molar-refractivity contribution in [1.29, 1.82) is 0 Å². The Morgan fingerprint density at radius 2 is 1.62 bits per heavy atom. The van der Waals surface area contributed by atoms with E-state index in [1.54, 1.807) is 13.1 Å². The van der Waals surface area contributed by atoms with Crippen molar-refractivity contribution in [3.8, 4) is 22.8 Å². The van der Waals surface area contributed by atoms with E-state index in [-0.39, 0.29) is 48.2 Å². The molecular weight excluding hydrogens is 912 g/mol. The Labute approximate surface area is 409 Å². The number of carbonyl (C=O) groups is 3. The van der Waals surface area contributed by atoms with Crippen molar-refractivity contribution in [2.45, 2.75) is 83.1 Å². The molecule has 4 saturated heterocycles. The molecule has 5 aromatic heterocycles. The number of nitrogens with zero attached hydrogens (tertiary/aromatic N) is 14. The third kappa shape index (κ3) is 9.11. The first kappa shape index (κ1) is 46.6. The number of urea groups is 1. The quantitative estimate of drug-likeness (QED) is 0.164. The number of piperazine rings is 1. The maximum atomic E-state index is 16.1. The molecular formula is C49H61FN16O5. The fourth-order valence-corrected chi connectivity index (χ4v) is 10.8. The van der Waals surface area contributed by atoms with Gasteiger partial charge in [-0.1, -0.05) is 5.16 Å². The van der Waals surface area contributed by atoms with Crippen LogP contribution in [0.3, 0.4) is 0 Å². The first-order chi connectivity index (χ1) is 34.3. The highest BCUT2D eigenvalue weighted by atomic mass is 19.1. The molecule has 0 spiro atoms. The first-order valence-corrected chi connectivity index (χ1v) is 25.0. The van der Waals surface area contributed by atoms with Crippen LogP contribution in [0.2, 0.25) is 0 Å². The third-order valence-corrected chi connectivity index (χ3v) is 14.9. The van der Waals surface area contributed by atoms with Gasteiger partial charge in [0.25, 0.3) is 0 Å². The number of hydrogen-bond donors (Lipinski definition) is 2. The normalized spacial score (nSPS) is 19.4.